The molecule has 0 amide bonds. The van der Waals surface area contributed by atoms with E-state index >= 15 is 0 Å². The second-order valence-corrected chi connectivity index (χ2v) is 4.29. The molecule has 1 saturated carbocycles. The summed E-state index contributed by atoms with van der Waals surface area (Å²) in [7, 11) is 0. The highest BCUT2D eigenvalue weighted by Crippen LogP contribution is 2.41. The lowest BCUT2D eigenvalue weighted by atomic mass is 9.90. The van der Waals surface area contributed by atoms with Crippen LogP contribution in [0.3, 0.4) is 0 Å². The Morgan fingerprint density at radius 3 is 2.67 bits per heavy atom. The fraction of sp³-hybridized carbons (Fsp3) is 1.00. The quantitative estimate of drug-likeness (QED) is 0.640. The van der Waals surface area contributed by atoms with Crippen LogP contribution in [0.15, 0.2) is 0 Å². The predicted molar refractivity (Wildman–Crippen MR) is 51.0 cm³/mol. The van der Waals surface area contributed by atoms with E-state index in [1.54, 1.807) is 0 Å². The fourth-order valence-corrected chi connectivity index (χ4v) is 3.17. The number of likely N-dealkylation sites (N-methyl/N-ethyl adjacent to an activating group) is 1. The molecule has 0 aromatic rings. The van der Waals surface area contributed by atoms with Crippen LogP contribution in [-0.2, 0) is 0 Å². The molecule has 0 radical (unpaired) electrons. The molecule has 1 atom stereocenters. The smallest absolute Gasteiger partial charge is 0.0360 e. The van der Waals surface area contributed by atoms with Crippen LogP contribution in [0.4, 0.5) is 0 Å². The van der Waals surface area contributed by atoms with Gasteiger partial charge in [0.1, 0.15) is 0 Å². The van der Waals surface area contributed by atoms with Gasteiger partial charge in [0.05, 0.1) is 0 Å². The minimum atomic E-state index is 0.425. The lowest BCUT2D eigenvalue weighted by Crippen LogP contribution is -2.51. The zero-order valence-electron chi connectivity index (χ0n) is 8.05. The van der Waals surface area contributed by atoms with Crippen LogP contribution in [0.2, 0.25) is 0 Å². The number of hydrogen-bond acceptors (Lipinski definition) is 2. The van der Waals surface area contributed by atoms with Crippen molar-refractivity contribution in [2.45, 2.75) is 50.6 Å². The molecule has 2 heteroatoms. The first-order valence-corrected chi connectivity index (χ1v) is 5.30. The summed E-state index contributed by atoms with van der Waals surface area (Å²) >= 11 is 0. The summed E-state index contributed by atoms with van der Waals surface area (Å²) < 4.78 is 0. The van der Waals surface area contributed by atoms with Crippen LogP contribution in [-0.4, -0.2) is 29.6 Å². The average molecular weight is 168 g/mol. The topological polar surface area (TPSA) is 29.3 Å². The Kier molecular flexibility index (Phi) is 2.13. The molecule has 2 aliphatic rings. The summed E-state index contributed by atoms with van der Waals surface area (Å²) in [6.07, 6.45) is 6.70. The first-order chi connectivity index (χ1) is 5.79. The molecule has 1 spiro atoms. The molecule has 0 bridgehead atoms. The molecule has 1 unspecified atom stereocenters. The zero-order valence-corrected chi connectivity index (χ0v) is 8.05. The summed E-state index contributed by atoms with van der Waals surface area (Å²) in [5.74, 6) is 0. The Morgan fingerprint density at radius 2 is 2.08 bits per heavy atom. The van der Waals surface area contributed by atoms with Crippen LogP contribution in [0, 0.1) is 0 Å². The second kappa shape index (κ2) is 3.00. The lowest BCUT2D eigenvalue weighted by Gasteiger charge is -2.37. The van der Waals surface area contributed by atoms with Crippen molar-refractivity contribution in [2.75, 3.05) is 13.1 Å². The van der Waals surface area contributed by atoms with Gasteiger partial charge >= 0.3 is 0 Å². The predicted octanol–water partition coefficient (Wildman–Crippen LogP) is 1.35. The molecule has 0 aromatic heterocycles. The largest absolute Gasteiger partial charge is 0.326 e. The summed E-state index contributed by atoms with van der Waals surface area (Å²) in [4.78, 5) is 2.62. The van der Waals surface area contributed by atoms with Gasteiger partial charge < -0.3 is 5.73 Å². The van der Waals surface area contributed by atoms with Crippen molar-refractivity contribution < 1.29 is 0 Å². The highest BCUT2D eigenvalue weighted by atomic mass is 15.2. The fourth-order valence-electron chi connectivity index (χ4n) is 3.17. The molecular weight excluding hydrogens is 148 g/mol. The van der Waals surface area contributed by atoms with Gasteiger partial charge in [0, 0.05) is 18.1 Å². The summed E-state index contributed by atoms with van der Waals surface area (Å²) in [6.45, 7) is 4.68. The molecule has 2 nitrogen and oxygen atoms in total. The van der Waals surface area contributed by atoms with Gasteiger partial charge in [-0.3, -0.25) is 4.90 Å². The van der Waals surface area contributed by atoms with E-state index in [1.165, 1.54) is 45.2 Å². The van der Waals surface area contributed by atoms with Crippen LogP contribution in [0.5, 0.6) is 0 Å². The van der Waals surface area contributed by atoms with Crippen molar-refractivity contribution in [3.05, 3.63) is 0 Å². The molecule has 1 aliphatic heterocycles. The maximum absolute atomic E-state index is 6.20. The number of likely N-dealkylation sites (tertiary alicyclic amines) is 1. The van der Waals surface area contributed by atoms with Gasteiger partial charge in [-0.25, -0.2) is 0 Å². The van der Waals surface area contributed by atoms with Crippen LogP contribution < -0.4 is 5.73 Å². The van der Waals surface area contributed by atoms with Gasteiger partial charge in [-0.1, -0.05) is 19.8 Å². The average Bonchev–Trinajstić information content (AvgIpc) is 2.65. The Balaban J connectivity index is 2.17. The van der Waals surface area contributed by atoms with E-state index in [2.05, 4.69) is 11.8 Å². The molecule has 70 valence electrons. The summed E-state index contributed by atoms with van der Waals surface area (Å²) in [5.41, 5.74) is 6.62. The number of nitrogens with zero attached hydrogens (tertiary/aromatic N) is 1. The Bertz CT molecular complexity index is 161. The maximum atomic E-state index is 6.20. The number of rotatable bonds is 1. The highest BCUT2D eigenvalue weighted by Gasteiger charge is 2.47. The van der Waals surface area contributed by atoms with Crippen LogP contribution in [0.25, 0.3) is 0 Å². The van der Waals surface area contributed by atoms with E-state index in [9.17, 15) is 0 Å². The van der Waals surface area contributed by atoms with Crippen molar-refractivity contribution in [2.24, 2.45) is 5.73 Å². The van der Waals surface area contributed by atoms with Gasteiger partial charge in [-0.15, -0.1) is 0 Å². The van der Waals surface area contributed by atoms with E-state index in [1.807, 2.05) is 0 Å². The van der Waals surface area contributed by atoms with Crippen molar-refractivity contribution in [3.8, 4) is 0 Å². The van der Waals surface area contributed by atoms with Gasteiger partial charge in [0.15, 0.2) is 0 Å². The van der Waals surface area contributed by atoms with Crippen molar-refractivity contribution >= 4 is 0 Å². The van der Waals surface area contributed by atoms with E-state index in [-0.39, 0.29) is 0 Å². The van der Waals surface area contributed by atoms with Crippen LogP contribution in [0.1, 0.15) is 39.0 Å². The van der Waals surface area contributed by atoms with Gasteiger partial charge in [0.25, 0.3) is 0 Å². The molecule has 1 saturated heterocycles. The number of nitrogens with two attached hydrogens (primary N) is 1. The van der Waals surface area contributed by atoms with Gasteiger partial charge in [0.2, 0.25) is 0 Å². The van der Waals surface area contributed by atoms with Crippen LogP contribution >= 0.6 is 0 Å². The zero-order chi connectivity index (χ0) is 8.60. The molecule has 2 N–H and O–H groups in total. The van der Waals surface area contributed by atoms with Gasteiger partial charge in [-0.2, -0.15) is 0 Å². The van der Waals surface area contributed by atoms with Crippen molar-refractivity contribution in [3.63, 3.8) is 0 Å². The minimum Gasteiger partial charge on any atom is -0.326 e. The molecular formula is C10H20N2. The van der Waals surface area contributed by atoms with Gasteiger partial charge in [-0.05, 0) is 25.8 Å². The molecule has 2 rings (SSSR count). The Morgan fingerprint density at radius 1 is 1.42 bits per heavy atom. The Hall–Kier alpha value is -0.0800. The Labute approximate surface area is 75.1 Å². The van der Waals surface area contributed by atoms with Crippen molar-refractivity contribution in [1.82, 2.24) is 4.90 Å². The third kappa shape index (κ3) is 1.01. The maximum Gasteiger partial charge on any atom is 0.0360 e. The molecule has 12 heavy (non-hydrogen) atoms. The van der Waals surface area contributed by atoms with E-state index in [0.717, 1.165) is 0 Å². The number of hydrogen-bond donors (Lipinski definition) is 1. The highest BCUT2D eigenvalue weighted by molar-refractivity contribution is 5.06. The third-order valence-corrected chi connectivity index (χ3v) is 3.88. The standard InChI is InChI=1S/C10H20N2/c1-2-12-8-5-9(11)10(12)6-3-4-7-10/h9H,2-8,11H2,1H3. The van der Waals surface area contributed by atoms with E-state index in [4.69, 9.17) is 5.73 Å². The molecule has 1 aliphatic carbocycles. The van der Waals surface area contributed by atoms with E-state index in [0.29, 0.717) is 11.6 Å². The third-order valence-electron chi connectivity index (χ3n) is 3.88. The molecule has 0 aromatic carbocycles. The van der Waals surface area contributed by atoms with Crippen molar-refractivity contribution in [1.29, 1.82) is 0 Å². The first-order valence-electron chi connectivity index (χ1n) is 5.30. The minimum absolute atomic E-state index is 0.425. The molecule has 2 fully saturated rings. The van der Waals surface area contributed by atoms with E-state index < -0.39 is 0 Å². The SMILES string of the molecule is CCN1CCC(N)C12CCCC2. The second-order valence-electron chi connectivity index (χ2n) is 4.29. The lowest BCUT2D eigenvalue weighted by molar-refractivity contribution is 0.138. The summed E-state index contributed by atoms with van der Waals surface area (Å²) in [6, 6.07) is 0.458. The first kappa shape index (κ1) is 8.52. The summed E-state index contributed by atoms with van der Waals surface area (Å²) in [5, 5.41) is 0. The molecule has 1 heterocycles. The normalized spacial score (nSPS) is 35.0. The monoisotopic (exact) mass is 168 g/mol.